The van der Waals surface area contributed by atoms with E-state index in [-0.39, 0.29) is 12.5 Å². The minimum absolute atomic E-state index is 0.0971. The molecule has 6 heteroatoms. The molecular formula is C26H33ClN2O3. The quantitative estimate of drug-likeness (QED) is 0.636. The van der Waals surface area contributed by atoms with Crippen LogP contribution in [0.3, 0.4) is 0 Å². The lowest BCUT2D eigenvalue weighted by Crippen LogP contribution is -2.57. The number of fused-ring (bicyclic) bond motifs is 1. The number of piperidine rings is 1. The van der Waals surface area contributed by atoms with Crippen LogP contribution in [0.4, 0.5) is 0 Å². The summed E-state index contributed by atoms with van der Waals surface area (Å²) in [4.78, 5) is 17.6. The van der Waals surface area contributed by atoms with E-state index in [1.54, 1.807) is 12.1 Å². The molecule has 2 aliphatic rings. The first-order chi connectivity index (χ1) is 15.5. The number of aliphatic hydroxyl groups excluding tert-OH is 1. The van der Waals surface area contributed by atoms with E-state index in [2.05, 4.69) is 30.9 Å². The fourth-order valence-electron chi connectivity index (χ4n) is 5.12. The van der Waals surface area contributed by atoms with Crippen LogP contribution in [-0.4, -0.2) is 59.7 Å². The Labute approximate surface area is 195 Å². The van der Waals surface area contributed by atoms with Crippen LogP contribution in [0.1, 0.15) is 58.8 Å². The minimum atomic E-state index is 0.0971. The van der Waals surface area contributed by atoms with Crippen molar-refractivity contribution >= 4 is 17.5 Å². The Morgan fingerprint density at radius 1 is 1.09 bits per heavy atom. The molecule has 0 saturated carbocycles. The van der Waals surface area contributed by atoms with Gasteiger partial charge in [-0.3, -0.25) is 9.69 Å². The molecule has 0 bridgehead atoms. The second-order valence-corrected chi connectivity index (χ2v) is 9.36. The molecule has 0 aromatic heterocycles. The lowest BCUT2D eigenvalue weighted by Gasteiger charge is -2.48. The lowest BCUT2D eigenvalue weighted by atomic mass is 9.86. The highest BCUT2D eigenvalue weighted by Crippen LogP contribution is 2.39. The van der Waals surface area contributed by atoms with E-state index in [0.717, 1.165) is 38.2 Å². The van der Waals surface area contributed by atoms with Crippen LogP contribution in [0.15, 0.2) is 36.4 Å². The van der Waals surface area contributed by atoms with E-state index in [1.807, 2.05) is 17.0 Å². The number of benzene rings is 2. The molecule has 2 aromatic rings. The Morgan fingerprint density at radius 3 is 2.62 bits per heavy atom. The fraction of sp³-hybridized carbons (Fsp3) is 0.500. The van der Waals surface area contributed by atoms with Crippen molar-refractivity contribution in [1.82, 2.24) is 9.80 Å². The molecule has 0 radical (unpaired) electrons. The molecule has 2 aliphatic heterocycles. The Hall–Kier alpha value is -2.08. The Balaban J connectivity index is 1.47. The van der Waals surface area contributed by atoms with Crippen molar-refractivity contribution in [1.29, 1.82) is 0 Å². The standard InChI is InChI=1S/C26H33ClN2O3/c1-18-19(2)25(32-16-4-15-30)12-11-23(18)24-6-3-5-22-17-28(13-14-29(22)24)26(31)20-7-9-21(27)10-8-20/h7-12,22,24,30H,3-6,13-17H2,1-2H3/t22-,24?/m0/s1. The third-order valence-electron chi connectivity index (χ3n) is 7.02. The van der Waals surface area contributed by atoms with Crippen molar-refractivity contribution in [3.05, 3.63) is 63.7 Å². The zero-order chi connectivity index (χ0) is 22.7. The highest BCUT2D eigenvalue weighted by Gasteiger charge is 2.37. The molecule has 5 nitrogen and oxygen atoms in total. The topological polar surface area (TPSA) is 53.0 Å². The summed E-state index contributed by atoms with van der Waals surface area (Å²) in [6.07, 6.45) is 4.08. The summed E-state index contributed by atoms with van der Waals surface area (Å²) in [5, 5.41) is 9.66. The van der Waals surface area contributed by atoms with Gasteiger partial charge in [-0.05, 0) is 80.1 Å². The van der Waals surface area contributed by atoms with Gasteiger partial charge in [0.25, 0.3) is 5.91 Å². The van der Waals surface area contributed by atoms with Crippen LogP contribution in [-0.2, 0) is 0 Å². The zero-order valence-corrected chi connectivity index (χ0v) is 19.8. The summed E-state index contributed by atoms with van der Waals surface area (Å²) in [5.74, 6) is 1.00. The first-order valence-electron chi connectivity index (χ1n) is 11.6. The predicted molar refractivity (Wildman–Crippen MR) is 128 cm³/mol. The molecule has 2 saturated heterocycles. The number of carbonyl (C=O) groups excluding carboxylic acids is 1. The van der Waals surface area contributed by atoms with Gasteiger partial charge in [-0.1, -0.05) is 17.7 Å². The van der Waals surface area contributed by atoms with E-state index in [1.165, 1.54) is 23.1 Å². The van der Waals surface area contributed by atoms with E-state index in [9.17, 15) is 4.79 Å². The smallest absolute Gasteiger partial charge is 0.253 e. The van der Waals surface area contributed by atoms with Gasteiger partial charge in [-0.15, -0.1) is 0 Å². The van der Waals surface area contributed by atoms with Crippen molar-refractivity contribution in [2.75, 3.05) is 32.8 Å². The van der Waals surface area contributed by atoms with Crippen LogP contribution in [0.2, 0.25) is 5.02 Å². The van der Waals surface area contributed by atoms with E-state index in [0.29, 0.717) is 35.7 Å². The molecule has 32 heavy (non-hydrogen) atoms. The molecule has 1 unspecified atom stereocenters. The highest BCUT2D eigenvalue weighted by molar-refractivity contribution is 6.30. The fourth-order valence-corrected chi connectivity index (χ4v) is 5.25. The van der Waals surface area contributed by atoms with E-state index >= 15 is 0 Å². The van der Waals surface area contributed by atoms with Gasteiger partial charge >= 0.3 is 0 Å². The number of halogens is 1. The summed E-state index contributed by atoms with van der Waals surface area (Å²) >= 11 is 5.98. The lowest BCUT2D eigenvalue weighted by molar-refractivity contribution is 0.0101. The normalized spacial score (nSPS) is 21.3. The molecule has 0 aliphatic carbocycles. The number of rotatable bonds is 6. The maximum Gasteiger partial charge on any atom is 0.253 e. The average molecular weight is 457 g/mol. The summed E-state index contributed by atoms with van der Waals surface area (Å²) in [6.45, 7) is 7.40. The van der Waals surface area contributed by atoms with Gasteiger partial charge in [0.2, 0.25) is 0 Å². The molecule has 2 aromatic carbocycles. The summed E-state index contributed by atoms with van der Waals surface area (Å²) in [7, 11) is 0. The van der Waals surface area contributed by atoms with Gasteiger partial charge in [-0.25, -0.2) is 0 Å². The van der Waals surface area contributed by atoms with Crippen LogP contribution in [0, 0.1) is 13.8 Å². The SMILES string of the molecule is Cc1c(OCCCO)ccc(C2CCC[C@H]3CN(C(=O)c4ccc(Cl)cc4)CCN23)c1C. The van der Waals surface area contributed by atoms with Crippen molar-refractivity contribution in [3.8, 4) is 5.75 Å². The molecule has 0 spiro atoms. The van der Waals surface area contributed by atoms with Gasteiger partial charge in [0.1, 0.15) is 5.75 Å². The van der Waals surface area contributed by atoms with Crippen LogP contribution in [0.5, 0.6) is 5.75 Å². The number of amides is 1. The van der Waals surface area contributed by atoms with E-state index < -0.39 is 0 Å². The van der Waals surface area contributed by atoms with Crippen LogP contribution in [0.25, 0.3) is 0 Å². The molecule has 2 heterocycles. The second kappa shape index (κ2) is 10.2. The first kappa shape index (κ1) is 23.1. The number of hydrogen-bond donors (Lipinski definition) is 1. The molecular weight excluding hydrogens is 424 g/mol. The van der Waals surface area contributed by atoms with Gasteiger partial charge in [0.15, 0.2) is 0 Å². The monoisotopic (exact) mass is 456 g/mol. The Bertz CT molecular complexity index is 947. The van der Waals surface area contributed by atoms with E-state index in [4.69, 9.17) is 21.4 Å². The number of ether oxygens (including phenoxy) is 1. The summed E-state index contributed by atoms with van der Waals surface area (Å²) < 4.78 is 5.87. The molecule has 4 rings (SSSR count). The third kappa shape index (κ3) is 4.80. The van der Waals surface area contributed by atoms with Crippen molar-refractivity contribution in [2.45, 2.75) is 51.6 Å². The average Bonchev–Trinajstić information content (AvgIpc) is 2.81. The Morgan fingerprint density at radius 2 is 1.88 bits per heavy atom. The second-order valence-electron chi connectivity index (χ2n) is 8.92. The highest BCUT2D eigenvalue weighted by atomic mass is 35.5. The molecule has 2 fully saturated rings. The predicted octanol–water partition coefficient (Wildman–Crippen LogP) is 4.77. The number of nitrogens with zero attached hydrogens (tertiary/aromatic N) is 2. The maximum absolute atomic E-state index is 13.0. The molecule has 172 valence electrons. The van der Waals surface area contributed by atoms with Crippen LogP contribution < -0.4 is 4.74 Å². The van der Waals surface area contributed by atoms with Crippen LogP contribution >= 0.6 is 11.6 Å². The van der Waals surface area contributed by atoms with Gasteiger partial charge in [0.05, 0.1) is 6.61 Å². The minimum Gasteiger partial charge on any atom is -0.493 e. The van der Waals surface area contributed by atoms with Crippen molar-refractivity contribution in [2.24, 2.45) is 0 Å². The molecule has 1 N–H and O–H groups in total. The number of piperazine rings is 1. The zero-order valence-electron chi connectivity index (χ0n) is 19.0. The largest absolute Gasteiger partial charge is 0.493 e. The van der Waals surface area contributed by atoms with Gasteiger partial charge < -0.3 is 14.7 Å². The molecule has 2 atom stereocenters. The van der Waals surface area contributed by atoms with Gasteiger partial charge in [-0.2, -0.15) is 0 Å². The maximum atomic E-state index is 13.0. The third-order valence-corrected chi connectivity index (χ3v) is 7.27. The van der Waals surface area contributed by atoms with Crippen molar-refractivity contribution < 1.29 is 14.6 Å². The summed E-state index contributed by atoms with van der Waals surface area (Å²) in [5.41, 5.74) is 4.55. The Kier molecular flexibility index (Phi) is 7.39. The number of carbonyl (C=O) groups is 1. The van der Waals surface area contributed by atoms with Gasteiger partial charge in [0, 0.05) is 55.3 Å². The molecule has 1 amide bonds. The first-order valence-corrected chi connectivity index (χ1v) is 12.0. The number of aliphatic hydroxyl groups is 1. The van der Waals surface area contributed by atoms with Crippen molar-refractivity contribution in [3.63, 3.8) is 0 Å². The summed E-state index contributed by atoms with van der Waals surface area (Å²) in [6, 6.07) is 12.3. The number of hydrogen-bond acceptors (Lipinski definition) is 4.